The quantitative estimate of drug-likeness (QED) is 0.732. The molecule has 1 amide bonds. The maximum absolute atomic E-state index is 12.4. The first-order valence-electron chi connectivity index (χ1n) is 9.25. The van der Waals surface area contributed by atoms with Gasteiger partial charge in [0.2, 0.25) is 0 Å². The van der Waals surface area contributed by atoms with Crippen molar-refractivity contribution in [1.29, 1.82) is 0 Å². The first-order valence-corrected chi connectivity index (χ1v) is 10.0. The fraction of sp³-hybridized carbons (Fsp3) is 0.421. The van der Waals surface area contributed by atoms with Gasteiger partial charge in [0.25, 0.3) is 5.91 Å². The zero-order chi connectivity index (χ0) is 18.6. The second kappa shape index (κ2) is 7.96. The van der Waals surface area contributed by atoms with Crippen molar-refractivity contribution >= 4 is 17.4 Å². The van der Waals surface area contributed by atoms with Crippen molar-refractivity contribution in [2.45, 2.75) is 51.6 Å². The molecule has 7 nitrogen and oxygen atoms in total. The van der Waals surface area contributed by atoms with E-state index in [2.05, 4.69) is 53.9 Å². The van der Waals surface area contributed by atoms with Gasteiger partial charge in [0.1, 0.15) is 16.5 Å². The van der Waals surface area contributed by atoms with Gasteiger partial charge in [0, 0.05) is 25.4 Å². The minimum absolute atomic E-state index is 0.0746. The normalized spacial score (nSPS) is 16.6. The number of benzene rings is 1. The Hall–Kier alpha value is -2.61. The number of rotatable bonds is 5. The molecule has 1 aromatic carbocycles. The largest absolute Gasteiger partial charge is 0.348 e. The Morgan fingerprint density at radius 1 is 1.19 bits per heavy atom. The van der Waals surface area contributed by atoms with Crippen molar-refractivity contribution in [3.63, 3.8) is 0 Å². The summed E-state index contributed by atoms with van der Waals surface area (Å²) in [6.45, 7) is 2.64. The van der Waals surface area contributed by atoms with E-state index in [1.54, 1.807) is 0 Å². The molecule has 27 heavy (non-hydrogen) atoms. The van der Waals surface area contributed by atoms with Gasteiger partial charge >= 0.3 is 0 Å². The molecule has 0 spiro atoms. The Morgan fingerprint density at radius 3 is 2.81 bits per heavy atom. The molecule has 3 heterocycles. The van der Waals surface area contributed by atoms with E-state index >= 15 is 0 Å². The molecule has 8 heteroatoms. The lowest BCUT2D eigenvalue weighted by Gasteiger charge is -2.15. The lowest BCUT2D eigenvalue weighted by molar-refractivity contribution is 0.0936. The van der Waals surface area contributed by atoms with Crippen LogP contribution in [0.15, 0.2) is 30.3 Å². The number of fused-ring (bicyclic) bond motifs is 1. The van der Waals surface area contributed by atoms with Crippen LogP contribution in [0.1, 0.15) is 45.4 Å². The molecule has 0 saturated heterocycles. The van der Waals surface area contributed by atoms with Crippen LogP contribution in [0, 0.1) is 6.92 Å². The SMILES string of the molecule is Cc1nnsc1C(=O)NC1CCc2nnc(CCc3ccccc3)n2CC1. The monoisotopic (exact) mass is 382 g/mol. The van der Waals surface area contributed by atoms with Crippen molar-refractivity contribution in [2.24, 2.45) is 0 Å². The van der Waals surface area contributed by atoms with Crippen molar-refractivity contribution in [3.8, 4) is 0 Å². The van der Waals surface area contributed by atoms with Crippen molar-refractivity contribution in [2.75, 3.05) is 0 Å². The fourth-order valence-corrected chi connectivity index (χ4v) is 4.03. The lowest BCUT2D eigenvalue weighted by atomic mass is 10.1. The van der Waals surface area contributed by atoms with Crippen LogP contribution in [-0.2, 0) is 25.8 Å². The van der Waals surface area contributed by atoms with Crippen LogP contribution < -0.4 is 5.32 Å². The number of nitrogens with zero attached hydrogens (tertiary/aromatic N) is 5. The molecule has 140 valence electrons. The lowest BCUT2D eigenvalue weighted by Crippen LogP contribution is -2.35. The molecular formula is C19H22N6OS. The maximum atomic E-state index is 12.4. The van der Waals surface area contributed by atoms with Crippen LogP contribution in [0.25, 0.3) is 0 Å². The molecule has 1 aliphatic heterocycles. The molecule has 4 rings (SSSR count). The predicted octanol–water partition coefficient (Wildman–Crippen LogP) is 2.36. The summed E-state index contributed by atoms with van der Waals surface area (Å²) >= 11 is 1.15. The summed E-state index contributed by atoms with van der Waals surface area (Å²) in [5, 5.41) is 15.8. The molecule has 3 aromatic rings. The summed E-state index contributed by atoms with van der Waals surface area (Å²) in [6.07, 6.45) is 4.40. The van der Waals surface area contributed by atoms with Gasteiger partial charge in [-0.25, -0.2) is 0 Å². The van der Waals surface area contributed by atoms with Crippen LogP contribution >= 0.6 is 11.5 Å². The predicted molar refractivity (Wildman–Crippen MR) is 103 cm³/mol. The molecular weight excluding hydrogens is 360 g/mol. The molecule has 0 radical (unpaired) electrons. The van der Waals surface area contributed by atoms with E-state index in [-0.39, 0.29) is 11.9 Å². The van der Waals surface area contributed by atoms with Crippen LogP contribution in [0.2, 0.25) is 0 Å². The number of hydrogen-bond donors (Lipinski definition) is 1. The molecule has 0 aliphatic carbocycles. The third-order valence-corrected chi connectivity index (χ3v) is 5.82. The van der Waals surface area contributed by atoms with E-state index in [4.69, 9.17) is 0 Å². The maximum Gasteiger partial charge on any atom is 0.265 e. The highest BCUT2D eigenvalue weighted by atomic mass is 32.1. The van der Waals surface area contributed by atoms with Crippen LogP contribution in [0.4, 0.5) is 0 Å². The van der Waals surface area contributed by atoms with Gasteiger partial charge in [-0.05, 0) is 43.3 Å². The molecule has 1 atom stereocenters. The van der Waals surface area contributed by atoms with Crippen LogP contribution in [0.5, 0.6) is 0 Å². The molecule has 0 fully saturated rings. The Bertz CT molecular complexity index is 919. The number of carbonyl (C=O) groups excluding carboxylic acids is 1. The van der Waals surface area contributed by atoms with Crippen LogP contribution in [-0.4, -0.2) is 36.3 Å². The highest BCUT2D eigenvalue weighted by molar-refractivity contribution is 7.08. The topological polar surface area (TPSA) is 85.6 Å². The smallest absolute Gasteiger partial charge is 0.265 e. The van der Waals surface area contributed by atoms with E-state index in [0.29, 0.717) is 10.6 Å². The van der Waals surface area contributed by atoms with Gasteiger partial charge in [-0.2, -0.15) is 0 Å². The average molecular weight is 382 g/mol. The second-order valence-corrected chi connectivity index (χ2v) is 7.61. The van der Waals surface area contributed by atoms with Gasteiger partial charge in [-0.15, -0.1) is 15.3 Å². The van der Waals surface area contributed by atoms with Gasteiger partial charge < -0.3 is 9.88 Å². The Kier molecular flexibility index (Phi) is 5.24. The highest BCUT2D eigenvalue weighted by Gasteiger charge is 2.23. The summed E-state index contributed by atoms with van der Waals surface area (Å²) in [5.74, 6) is 1.98. The number of aromatic nitrogens is 5. The van der Waals surface area contributed by atoms with E-state index in [1.165, 1.54) is 5.56 Å². The molecule has 0 saturated carbocycles. The molecule has 2 aromatic heterocycles. The third kappa shape index (κ3) is 4.05. The van der Waals surface area contributed by atoms with Crippen molar-refractivity contribution < 1.29 is 4.79 Å². The summed E-state index contributed by atoms with van der Waals surface area (Å²) in [4.78, 5) is 13.0. The van der Waals surface area contributed by atoms with E-state index < -0.39 is 0 Å². The van der Waals surface area contributed by atoms with E-state index in [1.807, 2.05) is 13.0 Å². The Labute approximate surface area is 162 Å². The Morgan fingerprint density at radius 2 is 2.04 bits per heavy atom. The summed E-state index contributed by atoms with van der Waals surface area (Å²) in [7, 11) is 0. The van der Waals surface area contributed by atoms with Gasteiger partial charge in [0.15, 0.2) is 0 Å². The number of nitrogens with one attached hydrogen (secondary N) is 1. The van der Waals surface area contributed by atoms with Crippen LogP contribution in [0.3, 0.4) is 0 Å². The van der Waals surface area contributed by atoms with Gasteiger partial charge in [0.05, 0.1) is 5.69 Å². The third-order valence-electron chi connectivity index (χ3n) is 4.99. The standard InChI is InChI=1S/C19H22N6OS/c1-13-18(27-24-21-13)19(26)20-15-8-10-17-23-22-16(25(17)12-11-15)9-7-14-5-3-2-4-6-14/h2-6,15H,7-12H2,1H3,(H,20,26). The van der Waals surface area contributed by atoms with E-state index in [9.17, 15) is 4.79 Å². The first-order chi connectivity index (χ1) is 13.2. The summed E-state index contributed by atoms with van der Waals surface area (Å²) in [5.41, 5.74) is 1.99. The molecule has 1 unspecified atom stereocenters. The Balaban J connectivity index is 1.38. The number of aryl methyl sites for hydroxylation is 4. The molecule has 0 bridgehead atoms. The fourth-order valence-electron chi connectivity index (χ4n) is 3.47. The van der Waals surface area contributed by atoms with Gasteiger partial charge in [-0.3, -0.25) is 4.79 Å². The minimum atomic E-state index is -0.0746. The zero-order valence-electron chi connectivity index (χ0n) is 15.3. The minimum Gasteiger partial charge on any atom is -0.348 e. The van der Waals surface area contributed by atoms with Gasteiger partial charge in [-0.1, -0.05) is 34.8 Å². The highest BCUT2D eigenvalue weighted by Crippen LogP contribution is 2.18. The molecule has 1 N–H and O–H groups in total. The first kappa shape index (κ1) is 17.8. The second-order valence-electron chi connectivity index (χ2n) is 6.85. The summed E-state index contributed by atoms with van der Waals surface area (Å²) in [6, 6.07) is 10.6. The number of carbonyl (C=O) groups is 1. The molecule has 1 aliphatic rings. The van der Waals surface area contributed by atoms with Crippen molar-refractivity contribution in [3.05, 3.63) is 58.1 Å². The van der Waals surface area contributed by atoms with E-state index in [0.717, 1.165) is 61.8 Å². The van der Waals surface area contributed by atoms with Crippen molar-refractivity contribution in [1.82, 2.24) is 29.7 Å². The summed E-state index contributed by atoms with van der Waals surface area (Å²) < 4.78 is 6.07. The zero-order valence-corrected chi connectivity index (χ0v) is 16.1. The number of hydrogen-bond acceptors (Lipinski definition) is 6. The number of amides is 1. The average Bonchev–Trinajstić information content (AvgIpc) is 3.23.